The molecule has 1 N–H and O–H groups in total. The van der Waals surface area contributed by atoms with E-state index in [0.29, 0.717) is 18.4 Å². The van der Waals surface area contributed by atoms with Crippen LogP contribution in [-0.2, 0) is 13.0 Å². The third-order valence-electron chi connectivity index (χ3n) is 4.60. The normalized spacial score (nSPS) is 16.9. The minimum Gasteiger partial charge on any atom is -0.494 e. The summed E-state index contributed by atoms with van der Waals surface area (Å²) in [7, 11) is 0. The maximum atomic E-state index is 12.8. The number of hydrogen-bond acceptors (Lipinski definition) is 4. The van der Waals surface area contributed by atoms with Gasteiger partial charge in [-0.05, 0) is 56.1 Å². The van der Waals surface area contributed by atoms with Crippen molar-refractivity contribution in [3.8, 4) is 5.75 Å². The fourth-order valence-corrected chi connectivity index (χ4v) is 3.23. The maximum Gasteiger partial charge on any atom is 0.135 e. The van der Waals surface area contributed by atoms with E-state index < -0.39 is 0 Å². The molecule has 2 heterocycles. The van der Waals surface area contributed by atoms with Crippen molar-refractivity contribution >= 4 is 0 Å². The zero-order chi connectivity index (χ0) is 17.6. The van der Waals surface area contributed by atoms with Gasteiger partial charge in [0, 0.05) is 18.9 Å². The molecule has 0 radical (unpaired) electrons. The Hall–Kier alpha value is -1.95. The highest BCUT2D eigenvalue weighted by Gasteiger charge is 2.23. The summed E-state index contributed by atoms with van der Waals surface area (Å²) >= 11 is 0. The van der Waals surface area contributed by atoms with Crippen molar-refractivity contribution in [1.29, 1.82) is 0 Å². The number of halogens is 1. The third-order valence-corrected chi connectivity index (χ3v) is 4.60. The molecule has 1 aliphatic rings. The smallest absolute Gasteiger partial charge is 0.135 e. The average Bonchev–Trinajstić information content (AvgIpc) is 3.03. The number of rotatable bonds is 8. The van der Waals surface area contributed by atoms with Crippen LogP contribution in [-0.4, -0.2) is 34.5 Å². The molecular weight excluding hydrogens is 319 g/mol. The first-order valence-electron chi connectivity index (χ1n) is 9.14. The predicted molar refractivity (Wildman–Crippen MR) is 95.3 cm³/mol. The summed E-state index contributed by atoms with van der Waals surface area (Å²) in [6.45, 7) is 7.90. The highest BCUT2D eigenvalue weighted by Crippen LogP contribution is 2.23. The van der Waals surface area contributed by atoms with Gasteiger partial charge in [-0.15, -0.1) is 10.2 Å². The molecule has 0 spiro atoms. The van der Waals surface area contributed by atoms with Gasteiger partial charge in [-0.1, -0.05) is 13.8 Å². The van der Waals surface area contributed by atoms with Gasteiger partial charge < -0.3 is 14.6 Å². The molecule has 1 aromatic heterocycles. The number of hydrogen-bond donors (Lipinski definition) is 1. The zero-order valence-corrected chi connectivity index (χ0v) is 15.0. The summed E-state index contributed by atoms with van der Waals surface area (Å²) in [6.07, 6.45) is 3.11. The Labute approximate surface area is 148 Å². The van der Waals surface area contributed by atoms with Gasteiger partial charge in [-0.25, -0.2) is 4.39 Å². The minimum atomic E-state index is -0.238. The number of benzene rings is 1. The van der Waals surface area contributed by atoms with Crippen LogP contribution in [0, 0.1) is 11.7 Å². The molecule has 0 amide bonds. The van der Waals surface area contributed by atoms with Gasteiger partial charge in [0.05, 0.1) is 6.61 Å². The molecule has 0 saturated carbocycles. The van der Waals surface area contributed by atoms with Crippen molar-refractivity contribution in [3.05, 3.63) is 41.7 Å². The largest absolute Gasteiger partial charge is 0.494 e. The minimum absolute atomic E-state index is 0.238. The molecule has 5 nitrogen and oxygen atoms in total. The second kappa shape index (κ2) is 8.43. The van der Waals surface area contributed by atoms with Crippen LogP contribution in [0.5, 0.6) is 5.75 Å². The lowest BCUT2D eigenvalue weighted by atomic mass is 9.98. The van der Waals surface area contributed by atoms with Crippen LogP contribution in [0.2, 0.25) is 0 Å². The predicted octanol–water partition coefficient (Wildman–Crippen LogP) is 3.16. The van der Waals surface area contributed by atoms with Crippen LogP contribution in [0.4, 0.5) is 4.39 Å². The van der Waals surface area contributed by atoms with Crippen molar-refractivity contribution in [2.75, 3.05) is 19.7 Å². The molecule has 0 fully saturated rings. The fourth-order valence-electron chi connectivity index (χ4n) is 3.23. The van der Waals surface area contributed by atoms with Crippen LogP contribution in [0.25, 0.3) is 0 Å². The highest BCUT2D eigenvalue weighted by atomic mass is 19.1. The van der Waals surface area contributed by atoms with Crippen LogP contribution in [0.3, 0.4) is 0 Å². The number of fused-ring (bicyclic) bond motifs is 1. The van der Waals surface area contributed by atoms with Crippen LogP contribution in [0.1, 0.15) is 44.3 Å². The molecule has 3 rings (SSSR count). The summed E-state index contributed by atoms with van der Waals surface area (Å²) in [5.74, 6) is 3.75. The molecule has 0 saturated heterocycles. The monoisotopic (exact) mass is 346 g/mol. The van der Waals surface area contributed by atoms with Gasteiger partial charge in [-0.3, -0.25) is 0 Å². The van der Waals surface area contributed by atoms with Gasteiger partial charge in [0.15, 0.2) is 0 Å². The number of aryl methyl sites for hydroxylation is 1. The molecule has 136 valence electrons. The summed E-state index contributed by atoms with van der Waals surface area (Å²) in [4.78, 5) is 0. The average molecular weight is 346 g/mol. The molecule has 2 aromatic rings. The summed E-state index contributed by atoms with van der Waals surface area (Å²) in [5, 5.41) is 12.2. The summed E-state index contributed by atoms with van der Waals surface area (Å²) in [5.41, 5.74) is 0. The lowest BCUT2D eigenvalue weighted by Gasteiger charge is -2.25. The molecule has 0 bridgehead atoms. The fraction of sp³-hybridized carbons (Fsp3) is 0.579. The van der Waals surface area contributed by atoms with Crippen LogP contribution >= 0.6 is 0 Å². The van der Waals surface area contributed by atoms with Gasteiger partial charge in [-0.2, -0.15) is 0 Å². The summed E-state index contributed by atoms with van der Waals surface area (Å²) in [6, 6.07) is 6.16. The molecule has 1 aliphatic heterocycles. The zero-order valence-electron chi connectivity index (χ0n) is 15.0. The van der Waals surface area contributed by atoms with Crippen molar-refractivity contribution in [2.45, 2.75) is 45.6 Å². The van der Waals surface area contributed by atoms with Crippen molar-refractivity contribution < 1.29 is 9.13 Å². The molecule has 6 heteroatoms. The van der Waals surface area contributed by atoms with Crippen LogP contribution in [0.15, 0.2) is 24.3 Å². The summed E-state index contributed by atoms with van der Waals surface area (Å²) < 4.78 is 20.7. The lowest BCUT2D eigenvalue weighted by molar-refractivity contribution is 0.298. The topological polar surface area (TPSA) is 52.0 Å². The molecule has 25 heavy (non-hydrogen) atoms. The van der Waals surface area contributed by atoms with Crippen molar-refractivity contribution in [3.63, 3.8) is 0 Å². The van der Waals surface area contributed by atoms with E-state index >= 15 is 0 Å². The Morgan fingerprint density at radius 3 is 2.84 bits per heavy atom. The molecule has 0 aliphatic carbocycles. The molecule has 1 unspecified atom stereocenters. The molecule has 1 atom stereocenters. The number of ether oxygens (including phenoxy) is 1. The second-order valence-electron chi connectivity index (χ2n) is 7.00. The van der Waals surface area contributed by atoms with E-state index in [0.717, 1.165) is 56.3 Å². The van der Waals surface area contributed by atoms with Gasteiger partial charge in [0.2, 0.25) is 0 Å². The van der Waals surface area contributed by atoms with Gasteiger partial charge in [0.25, 0.3) is 0 Å². The number of aromatic nitrogens is 3. The van der Waals surface area contributed by atoms with E-state index in [1.165, 1.54) is 12.1 Å². The first-order chi connectivity index (χ1) is 12.1. The Kier molecular flexibility index (Phi) is 6.02. The Balaban J connectivity index is 1.34. The number of nitrogens with one attached hydrogen (secondary N) is 1. The highest BCUT2D eigenvalue weighted by molar-refractivity contribution is 5.21. The Morgan fingerprint density at radius 2 is 2.08 bits per heavy atom. The van der Waals surface area contributed by atoms with E-state index in [1.807, 2.05) is 0 Å². The first-order valence-corrected chi connectivity index (χ1v) is 9.14. The van der Waals surface area contributed by atoms with E-state index in [1.54, 1.807) is 12.1 Å². The van der Waals surface area contributed by atoms with E-state index in [2.05, 4.69) is 33.9 Å². The van der Waals surface area contributed by atoms with Gasteiger partial charge >= 0.3 is 0 Å². The molecular formula is C19H27FN4O. The van der Waals surface area contributed by atoms with Crippen molar-refractivity contribution in [2.24, 2.45) is 5.92 Å². The quantitative estimate of drug-likeness (QED) is 0.746. The SMILES string of the molecule is CC(C)c1nnc2n1CC(CNCCCOc1ccc(F)cc1)CC2. The third kappa shape index (κ3) is 4.78. The second-order valence-corrected chi connectivity index (χ2v) is 7.00. The number of nitrogens with zero attached hydrogens (tertiary/aromatic N) is 3. The maximum absolute atomic E-state index is 12.8. The first kappa shape index (κ1) is 17.9. The van der Waals surface area contributed by atoms with E-state index in [4.69, 9.17) is 4.74 Å². The molecule has 1 aromatic carbocycles. The lowest BCUT2D eigenvalue weighted by Crippen LogP contribution is -2.31. The van der Waals surface area contributed by atoms with Crippen molar-refractivity contribution in [1.82, 2.24) is 20.1 Å². The van der Waals surface area contributed by atoms with E-state index in [9.17, 15) is 4.39 Å². The van der Waals surface area contributed by atoms with Crippen LogP contribution < -0.4 is 10.1 Å². The standard InChI is InChI=1S/C19H27FN4O/c1-14(2)19-23-22-18-9-4-15(13-24(18)19)12-21-10-3-11-25-17-7-5-16(20)6-8-17/h5-8,14-15,21H,3-4,9-13H2,1-2H3. The Bertz CT molecular complexity index is 669. The van der Waals surface area contributed by atoms with Gasteiger partial charge in [0.1, 0.15) is 23.2 Å². The Morgan fingerprint density at radius 1 is 1.28 bits per heavy atom. The van der Waals surface area contributed by atoms with E-state index in [-0.39, 0.29) is 5.82 Å².